The van der Waals surface area contributed by atoms with E-state index in [2.05, 4.69) is 34.3 Å². The SMILES string of the molecule is C=CC(C)C(O[Si](CC)(CC)CC)C(C)C(O)CCS(=O)(=O)c1ccccc1. The largest absolute Gasteiger partial charge is 0.413 e. The van der Waals surface area contributed by atoms with E-state index in [4.69, 9.17) is 4.43 Å². The van der Waals surface area contributed by atoms with Gasteiger partial charge in [-0.2, -0.15) is 0 Å². The van der Waals surface area contributed by atoms with Crippen molar-refractivity contribution in [2.24, 2.45) is 11.8 Å². The van der Waals surface area contributed by atoms with Gasteiger partial charge in [0.2, 0.25) is 0 Å². The van der Waals surface area contributed by atoms with Crippen molar-refractivity contribution >= 4 is 18.2 Å². The number of hydrogen-bond donors (Lipinski definition) is 1. The molecule has 1 N–H and O–H groups in total. The molecule has 0 spiro atoms. The molecule has 1 rings (SSSR count). The van der Waals surface area contributed by atoms with Crippen LogP contribution in [0.2, 0.25) is 18.1 Å². The van der Waals surface area contributed by atoms with Crippen LogP contribution in [0.3, 0.4) is 0 Å². The van der Waals surface area contributed by atoms with Gasteiger partial charge in [-0.3, -0.25) is 0 Å². The van der Waals surface area contributed by atoms with Crippen LogP contribution in [0.25, 0.3) is 0 Å². The number of benzene rings is 1. The van der Waals surface area contributed by atoms with Crippen molar-refractivity contribution in [3.63, 3.8) is 0 Å². The number of aliphatic hydroxyl groups excluding tert-OH is 1. The minimum absolute atomic E-state index is 0.0738. The Labute approximate surface area is 173 Å². The zero-order chi connectivity index (χ0) is 21.4. The molecule has 0 aliphatic rings. The van der Waals surface area contributed by atoms with Crippen molar-refractivity contribution in [1.29, 1.82) is 0 Å². The topological polar surface area (TPSA) is 63.6 Å². The molecule has 0 bridgehead atoms. The Morgan fingerprint density at radius 1 is 1.11 bits per heavy atom. The Kier molecular flexibility index (Phi) is 10.1. The van der Waals surface area contributed by atoms with E-state index in [9.17, 15) is 13.5 Å². The standard InChI is InChI=1S/C22H38O4SSi/c1-7-18(5)22(26-28(8-2,9-3)10-4)19(6)21(23)16-17-27(24,25)20-14-12-11-13-15-20/h7,11-15,18-19,21-23H,1,8-10,16-17H2,2-6H3. The van der Waals surface area contributed by atoms with Gasteiger partial charge in [-0.15, -0.1) is 6.58 Å². The molecule has 1 aromatic carbocycles. The highest BCUT2D eigenvalue weighted by atomic mass is 32.2. The second-order valence-corrected chi connectivity index (χ2v) is 14.6. The molecule has 160 valence electrons. The maximum atomic E-state index is 12.5. The molecule has 0 aromatic heterocycles. The van der Waals surface area contributed by atoms with Crippen molar-refractivity contribution in [3.05, 3.63) is 43.0 Å². The van der Waals surface area contributed by atoms with Crippen LogP contribution in [-0.2, 0) is 14.3 Å². The third kappa shape index (κ3) is 6.54. The third-order valence-corrected chi connectivity index (χ3v) is 12.5. The summed E-state index contributed by atoms with van der Waals surface area (Å²) < 4.78 is 31.8. The number of rotatable bonds is 13. The molecule has 0 aliphatic heterocycles. The molecule has 0 aliphatic carbocycles. The number of sulfone groups is 1. The lowest BCUT2D eigenvalue weighted by Gasteiger charge is -2.39. The second-order valence-electron chi connectivity index (χ2n) is 7.77. The molecule has 4 nitrogen and oxygen atoms in total. The van der Waals surface area contributed by atoms with Gasteiger partial charge in [0.05, 0.1) is 22.9 Å². The minimum atomic E-state index is -3.40. The Morgan fingerprint density at radius 3 is 2.11 bits per heavy atom. The second kappa shape index (κ2) is 11.3. The molecule has 4 atom stereocenters. The van der Waals surface area contributed by atoms with Gasteiger partial charge in [0.1, 0.15) is 0 Å². The molecular formula is C22H38O4SSi. The lowest BCUT2D eigenvalue weighted by molar-refractivity contribution is 0.0113. The molecule has 0 saturated heterocycles. The average Bonchev–Trinajstić information content (AvgIpc) is 2.73. The van der Waals surface area contributed by atoms with Gasteiger partial charge in [0.25, 0.3) is 0 Å². The van der Waals surface area contributed by atoms with Crippen LogP contribution in [0.4, 0.5) is 0 Å². The number of aliphatic hydroxyl groups is 1. The Morgan fingerprint density at radius 2 is 1.64 bits per heavy atom. The first-order chi connectivity index (χ1) is 13.2. The van der Waals surface area contributed by atoms with E-state index in [1.807, 2.05) is 13.0 Å². The van der Waals surface area contributed by atoms with Crippen LogP contribution in [-0.4, -0.2) is 39.8 Å². The Bertz CT molecular complexity index is 677. The molecule has 0 heterocycles. The van der Waals surface area contributed by atoms with Gasteiger partial charge in [-0.25, -0.2) is 8.42 Å². The fourth-order valence-electron chi connectivity index (χ4n) is 3.62. The van der Waals surface area contributed by atoms with Crippen LogP contribution >= 0.6 is 0 Å². The summed E-state index contributed by atoms with van der Waals surface area (Å²) >= 11 is 0. The predicted octanol–water partition coefficient (Wildman–Crippen LogP) is 5.06. The van der Waals surface area contributed by atoms with Crippen LogP contribution in [0.15, 0.2) is 47.9 Å². The first-order valence-corrected chi connectivity index (χ1v) is 14.6. The summed E-state index contributed by atoms with van der Waals surface area (Å²) in [5.74, 6) is -0.155. The number of hydrogen-bond acceptors (Lipinski definition) is 4. The highest BCUT2D eigenvalue weighted by Gasteiger charge is 2.37. The molecule has 0 fully saturated rings. The fraction of sp³-hybridized carbons (Fsp3) is 0.636. The van der Waals surface area contributed by atoms with Gasteiger partial charge < -0.3 is 9.53 Å². The molecule has 6 heteroatoms. The summed E-state index contributed by atoms with van der Waals surface area (Å²) in [6.07, 6.45) is 1.16. The smallest absolute Gasteiger partial charge is 0.192 e. The van der Waals surface area contributed by atoms with Crippen molar-refractivity contribution in [2.45, 2.75) is 76.3 Å². The molecule has 0 radical (unpaired) electrons. The van der Waals surface area contributed by atoms with Gasteiger partial charge >= 0.3 is 0 Å². The van der Waals surface area contributed by atoms with Crippen LogP contribution in [0, 0.1) is 11.8 Å². The van der Waals surface area contributed by atoms with E-state index >= 15 is 0 Å². The maximum Gasteiger partial charge on any atom is 0.192 e. The van der Waals surface area contributed by atoms with E-state index in [1.54, 1.807) is 30.3 Å². The first kappa shape index (κ1) is 25.1. The zero-order valence-electron chi connectivity index (χ0n) is 18.1. The van der Waals surface area contributed by atoms with Crippen molar-refractivity contribution < 1.29 is 18.0 Å². The normalized spacial score (nSPS) is 16.9. The van der Waals surface area contributed by atoms with Crippen molar-refractivity contribution in [2.75, 3.05) is 5.75 Å². The lowest BCUT2D eigenvalue weighted by Crippen LogP contribution is -2.46. The highest BCUT2D eigenvalue weighted by molar-refractivity contribution is 7.91. The molecule has 28 heavy (non-hydrogen) atoms. The van der Waals surface area contributed by atoms with Crippen molar-refractivity contribution in [3.8, 4) is 0 Å². The molecule has 4 unspecified atom stereocenters. The first-order valence-electron chi connectivity index (χ1n) is 10.4. The van der Waals surface area contributed by atoms with Gasteiger partial charge in [0.15, 0.2) is 18.2 Å². The summed E-state index contributed by atoms with van der Waals surface area (Å²) in [5, 5.41) is 10.8. The van der Waals surface area contributed by atoms with E-state index in [0.29, 0.717) is 4.90 Å². The summed E-state index contributed by atoms with van der Waals surface area (Å²) in [4.78, 5) is 0.302. The minimum Gasteiger partial charge on any atom is -0.413 e. The monoisotopic (exact) mass is 426 g/mol. The van der Waals surface area contributed by atoms with Crippen LogP contribution < -0.4 is 0 Å². The Balaban J connectivity index is 2.90. The van der Waals surface area contributed by atoms with Gasteiger partial charge in [-0.1, -0.05) is 58.9 Å². The van der Waals surface area contributed by atoms with Crippen molar-refractivity contribution in [1.82, 2.24) is 0 Å². The zero-order valence-corrected chi connectivity index (χ0v) is 19.9. The quantitative estimate of drug-likeness (QED) is 0.354. The van der Waals surface area contributed by atoms with E-state index < -0.39 is 24.3 Å². The van der Waals surface area contributed by atoms with E-state index in [-0.39, 0.29) is 30.1 Å². The third-order valence-electron chi connectivity index (χ3n) is 6.12. The molecular weight excluding hydrogens is 388 g/mol. The summed E-state index contributed by atoms with van der Waals surface area (Å²) in [5.41, 5.74) is 0. The fourth-order valence-corrected chi connectivity index (χ4v) is 7.99. The predicted molar refractivity (Wildman–Crippen MR) is 120 cm³/mol. The molecule has 0 saturated carbocycles. The average molecular weight is 427 g/mol. The highest BCUT2D eigenvalue weighted by Crippen LogP contribution is 2.31. The molecule has 0 amide bonds. The van der Waals surface area contributed by atoms with E-state index in [1.165, 1.54) is 0 Å². The summed E-state index contributed by atoms with van der Waals surface area (Å²) in [6, 6.07) is 11.5. The Hall–Kier alpha value is -0.953. The van der Waals surface area contributed by atoms with Gasteiger partial charge in [0, 0.05) is 5.92 Å². The van der Waals surface area contributed by atoms with Gasteiger partial charge in [-0.05, 0) is 42.6 Å². The lowest BCUT2D eigenvalue weighted by atomic mass is 9.88. The maximum absolute atomic E-state index is 12.5. The summed E-state index contributed by atoms with van der Waals surface area (Å²) in [7, 11) is -5.26. The van der Waals surface area contributed by atoms with Crippen LogP contribution in [0.1, 0.15) is 41.0 Å². The van der Waals surface area contributed by atoms with Crippen LogP contribution in [0.5, 0.6) is 0 Å². The summed E-state index contributed by atoms with van der Waals surface area (Å²) in [6.45, 7) is 14.5. The molecule has 1 aromatic rings. The van der Waals surface area contributed by atoms with E-state index in [0.717, 1.165) is 18.1 Å².